The average molecular weight is 260 g/mol. The Morgan fingerprint density at radius 2 is 2.05 bits per heavy atom. The Morgan fingerprint density at radius 3 is 2.63 bits per heavy atom. The van der Waals surface area contributed by atoms with Crippen LogP contribution in [-0.4, -0.2) is 42.6 Å². The number of hydrogen-bond donors (Lipinski definition) is 1. The van der Waals surface area contributed by atoms with Crippen LogP contribution in [0.4, 0.5) is 0 Å². The molecular weight excluding hydrogens is 244 g/mol. The van der Waals surface area contributed by atoms with Gasteiger partial charge >= 0.3 is 0 Å². The molecule has 1 aliphatic rings. The predicted octanol–water partition coefficient (Wildman–Crippen LogP) is 0.462. The zero-order chi connectivity index (χ0) is 13.7. The first-order valence-corrected chi connectivity index (χ1v) is 6.24. The second kappa shape index (κ2) is 6.13. The third-order valence-electron chi connectivity index (χ3n) is 3.35. The van der Waals surface area contributed by atoms with Gasteiger partial charge in [-0.25, -0.2) is 0 Å². The number of likely N-dealkylation sites (tertiary alicyclic amines) is 1. The summed E-state index contributed by atoms with van der Waals surface area (Å²) in [6, 6.07) is 8.61. The molecule has 1 heterocycles. The van der Waals surface area contributed by atoms with Crippen LogP contribution in [0.2, 0.25) is 0 Å². The van der Waals surface area contributed by atoms with E-state index in [9.17, 15) is 14.4 Å². The second-order valence-corrected chi connectivity index (χ2v) is 4.68. The minimum Gasteiger partial charge on any atom is -0.352 e. The van der Waals surface area contributed by atoms with Gasteiger partial charge in [0.2, 0.25) is 6.41 Å². The fourth-order valence-corrected chi connectivity index (χ4v) is 2.32. The lowest BCUT2D eigenvalue weighted by Gasteiger charge is -2.13. The highest BCUT2D eigenvalue weighted by Crippen LogP contribution is 2.19. The molecule has 1 N–H and O–H groups in total. The summed E-state index contributed by atoms with van der Waals surface area (Å²) in [5.41, 5.74) is 0.611. The van der Waals surface area contributed by atoms with Crippen LogP contribution in [0.25, 0.3) is 0 Å². The van der Waals surface area contributed by atoms with Gasteiger partial charge in [-0.3, -0.25) is 9.59 Å². The molecule has 1 saturated heterocycles. The fourth-order valence-electron chi connectivity index (χ4n) is 2.32. The molecule has 1 aliphatic heterocycles. The average Bonchev–Trinajstić information content (AvgIpc) is 2.88. The molecule has 0 spiro atoms. The van der Waals surface area contributed by atoms with Crippen LogP contribution in [0.5, 0.6) is 0 Å². The molecular formula is C14H16N2O3. The van der Waals surface area contributed by atoms with E-state index < -0.39 is 0 Å². The van der Waals surface area contributed by atoms with Crippen LogP contribution in [0.3, 0.4) is 0 Å². The van der Waals surface area contributed by atoms with Crippen LogP contribution in [0, 0.1) is 5.92 Å². The van der Waals surface area contributed by atoms with Gasteiger partial charge in [-0.05, 0) is 24.5 Å². The topological polar surface area (TPSA) is 66.5 Å². The Labute approximate surface area is 111 Å². The van der Waals surface area contributed by atoms with Crippen LogP contribution < -0.4 is 5.32 Å². The van der Waals surface area contributed by atoms with Crippen LogP contribution in [0.1, 0.15) is 16.8 Å². The molecule has 1 aromatic carbocycles. The Kier molecular flexibility index (Phi) is 4.28. The molecule has 0 radical (unpaired) electrons. The monoisotopic (exact) mass is 260 g/mol. The quantitative estimate of drug-likeness (QED) is 0.782. The lowest BCUT2D eigenvalue weighted by molar-refractivity contribution is -0.123. The number of nitrogens with zero attached hydrogens (tertiary/aromatic N) is 1. The first-order valence-electron chi connectivity index (χ1n) is 6.24. The van der Waals surface area contributed by atoms with E-state index in [0.29, 0.717) is 31.5 Å². The maximum absolute atomic E-state index is 11.8. The number of carbonyl (C=O) groups is 3. The summed E-state index contributed by atoms with van der Waals surface area (Å²) in [6.45, 7) is 0.990. The van der Waals surface area contributed by atoms with E-state index >= 15 is 0 Å². The molecule has 0 unspecified atom stereocenters. The molecule has 1 fully saturated rings. The molecule has 0 aromatic heterocycles. The van der Waals surface area contributed by atoms with Crippen LogP contribution in [-0.2, 0) is 9.59 Å². The normalized spacial score (nSPS) is 22.0. The van der Waals surface area contributed by atoms with Gasteiger partial charge in [-0.2, -0.15) is 0 Å². The maximum atomic E-state index is 11.8. The summed E-state index contributed by atoms with van der Waals surface area (Å²) >= 11 is 0. The Morgan fingerprint density at radius 1 is 1.32 bits per heavy atom. The summed E-state index contributed by atoms with van der Waals surface area (Å²) in [7, 11) is 0. The maximum Gasteiger partial charge on any atom is 0.251 e. The highest BCUT2D eigenvalue weighted by molar-refractivity contribution is 5.94. The minimum absolute atomic E-state index is 0.132. The highest BCUT2D eigenvalue weighted by atomic mass is 16.2. The van der Waals surface area contributed by atoms with E-state index in [4.69, 9.17) is 0 Å². The van der Waals surface area contributed by atoms with E-state index in [0.717, 1.165) is 6.29 Å². The smallest absolute Gasteiger partial charge is 0.251 e. The van der Waals surface area contributed by atoms with Crippen LogP contribution in [0.15, 0.2) is 30.3 Å². The summed E-state index contributed by atoms with van der Waals surface area (Å²) in [5.74, 6) is 0.000804. The standard InChI is InChI=1S/C14H16N2O3/c17-9-13-6-11(8-16(13)10-18)7-15-14(19)12-4-2-1-3-5-12/h1-5,9-11,13H,6-8H2,(H,15,19)/t11-,13-/m0/s1. The lowest BCUT2D eigenvalue weighted by Crippen LogP contribution is -2.31. The third kappa shape index (κ3) is 3.19. The molecule has 5 nitrogen and oxygen atoms in total. The summed E-state index contributed by atoms with van der Waals surface area (Å²) in [6.07, 6.45) is 2.09. The lowest BCUT2D eigenvalue weighted by atomic mass is 10.1. The largest absolute Gasteiger partial charge is 0.352 e. The summed E-state index contributed by atoms with van der Waals surface area (Å²) < 4.78 is 0. The van der Waals surface area contributed by atoms with Crippen molar-refractivity contribution in [2.75, 3.05) is 13.1 Å². The van der Waals surface area contributed by atoms with Gasteiger partial charge in [0.05, 0.1) is 6.04 Å². The van der Waals surface area contributed by atoms with E-state index in [1.807, 2.05) is 6.07 Å². The fraction of sp³-hybridized carbons (Fsp3) is 0.357. The van der Waals surface area contributed by atoms with Crippen molar-refractivity contribution in [3.05, 3.63) is 35.9 Å². The number of aldehydes is 1. The zero-order valence-electron chi connectivity index (χ0n) is 10.5. The SMILES string of the molecule is O=C[C@@H]1C[C@@H](CNC(=O)c2ccccc2)CN1C=O. The first kappa shape index (κ1) is 13.3. The van der Waals surface area contributed by atoms with E-state index in [2.05, 4.69) is 5.32 Å². The number of nitrogens with one attached hydrogen (secondary N) is 1. The van der Waals surface area contributed by atoms with Gasteiger partial charge in [0.25, 0.3) is 5.91 Å². The predicted molar refractivity (Wildman–Crippen MR) is 69.5 cm³/mol. The second-order valence-electron chi connectivity index (χ2n) is 4.68. The number of amides is 2. The molecule has 5 heteroatoms. The molecule has 1 aromatic rings. The van der Waals surface area contributed by atoms with E-state index in [-0.39, 0.29) is 17.9 Å². The molecule has 0 bridgehead atoms. The van der Waals surface area contributed by atoms with Crippen molar-refractivity contribution in [3.63, 3.8) is 0 Å². The number of carbonyl (C=O) groups excluding carboxylic acids is 3. The first-order chi connectivity index (χ1) is 9.24. The third-order valence-corrected chi connectivity index (χ3v) is 3.35. The Balaban J connectivity index is 1.85. The Hall–Kier alpha value is -2.17. The van der Waals surface area contributed by atoms with Gasteiger partial charge in [0.15, 0.2) is 0 Å². The van der Waals surface area contributed by atoms with Gasteiger partial charge in [0.1, 0.15) is 6.29 Å². The molecule has 2 amide bonds. The van der Waals surface area contributed by atoms with Gasteiger partial charge in [0, 0.05) is 18.7 Å². The van der Waals surface area contributed by atoms with E-state index in [1.54, 1.807) is 24.3 Å². The van der Waals surface area contributed by atoms with Gasteiger partial charge < -0.3 is 15.0 Å². The zero-order valence-corrected chi connectivity index (χ0v) is 10.5. The van der Waals surface area contributed by atoms with Crippen molar-refractivity contribution in [1.82, 2.24) is 10.2 Å². The molecule has 19 heavy (non-hydrogen) atoms. The molecule has 100 valence electrons. The van der Waals surface area contributed by atoms with Crippen molar-refractivity contribution >= 4 is 18.6 Å². The molecule has 2 rings (SSSR count). The minimum atomic E-state index is -0.351. The van der Waals surface area contributed by atoms with Crippen LogP contribution >= 0.6 is 0 Å². The van der Waals surface area contributed by atoms with Crippen molar-refractivity contribution in [2.45, 2.75) is 12.5 Å². The number of rotatable bonds is 5. The number of hydrogen-bond acceptors (Lipinski definition) is 3. The molecule has 0 saturated carbocycles. The Bertz CT molecular complexity index is 445. The molecule has 2 atom stereocenters. The van der Waals surface area contributed by atoms with Crippen molar-refractivity contribution in [1.29, 1.82) is 0 Å². The molecule has 0 aliphatic carbocycles. The number of benzene rings is 1. The van der Waals surface area contributed by atoms with Gasteiger partial charge in [-0.15, -0.1) is 0 Å². The van der Waals surface area contributed by atoms with Gasteiger partial charge in [-0.1, -0.05) is 18.2 Å². The van der Waals surface area contributed by atoms with E-state index in [1.165, 1.54) is 4.90 Å². The van der Waals surface area contributed by atoms with Crippen molar-refractivity contribution in [2.24, 2.45) is 5.92 Å². The van der Waals surface area contributed by atoms with Crippen molar-refractivity contribution < 1.29 is 14.4 Å². The summed E-state index contributed by atoms with van der Waals surface area (Å²) in [5, 5.41) is 2.83. The van der Waals surface area contributed by atoms with Crippen molar-refractivity contribution in [3.8, 4) is 0 Å². The summed E-state index contributed by atoms with van der Waals surface area (Å²) in [4.78, 5) is 34.9. The highest BCUT2D eigenvalue weighted by Gasteiger charge is 2.30.